The molecule has 0 saturated heterocycles. The minimum atomic E-state index is -1.09. The summed E-state index contributed by atoms with van der Waals surface area (Å²) in [6.45, 7) is 1.59. The molecule has 20 heavy (non-hydrogen) atoms. The summed E-state index contributed by atoms with van der Waals surface area (Å²) in [5, 5.41) is 9.47. The fourth-order valence-corrected chi connectivity index (χ4v) is 1.93. The molecule has 0 heterocycles. The second kappa shape index (κ2) is 7.87. The van der Waals surface area contributed by atoms with Crippen LogP contribution in [0.1, 0.15) is 26.2 Å². The second-order valence-electron chi connectivity index (χ2n) is 4.54. The molecule has 1 rings (SSSR count). The van der Waals surface area contributed by atoms with Crippen molar-refractivity contribution in [3.05, 3.63) is 29.3 Å². The Morgan fingerprint density at radius 3 is 2.45 bits per heavy atom. The maximum absolute atomic E-state index is 12.3. The molecule has 1 amide bonds. The highest BCUT2D eigenvalue weighted by Gasteiger charge is 2.24. The lowest BCUT2D eigenvalue weighted by atomic mass is 10.1. The molecule has 3 N–H and O–H groups in total. The number of carbonyl (C=O) groups excluding carboxylic acids is 1. The zero-order chi connectivity index (χ0) is 15.1. The molecule has 0 aromatic heterocycles. The van der Waals surface area contributed by atoms with Gasteiger partial charge in [0.25, 0.3) is 0 Å². The molecule has 0 aliphatic rings. The van der Waals surface area contributed by atoms with E-state index < -0.39 is 18.6 Å². The summed E-state index contributed by atoms with van der Waals surface area (Å²) in [5.74, 6) is -1.47. The number of halogens is 1. The van der Waals surface area contributed by atoms with Crippen LogP contribution in [0, 0.1) is 0 Å². The van der Waals surface area contributed by atoms with Crippen molar-refractivity contribution in [2.75, 3.05) is 11.4 Å². The number of benzene rings is 1. The van der Waals surface area contributed by atoms with Crippen molar-refractivity contribution in [1.82, 2.24) is 0 Å². The highest BCUT2D eigenvalue weighted by Crippen LogP contribution is 2.19. The van der Waals surface area contributed by atoms with E-state index >= 15 is 0 Å². The first-order valence-corrected chi connectivity index (χ1v) is 6.87. The lowest BCUT2D eigenvalue weighted by Gasteiger charge is -2.24. The first kappa shape index (κ1) is 16.5. The van der Waals surface area contributed by atoms with E-state index in [1.54, 1.807) is 24.3 Å². The van der Waals surface area contributed by atoms with Crippen LogP contribution in [-0.2, 0) is 9.59 Å². The number of rotatable bonds is 7. The Bertz CT molecular complexity index is 462. The minimum Gasteiger partial charge on any atom is -0.480 e. The van der Waals surface area contributed by atoms with Crippen molar-refractivity contribution in [1.29, 1.82) is 0 Å². The molecule has 0 bridgehead atoms. The summed E-state index contributed by atoms with van der Waals surface area (Å²) >= 11 is 5.79. The summed E-state index contributed by atoms with van der Waals surface area (Å²) < 4.78 is 0. The molecule has 1 atom stereocenters. The van der Waals surface area contributed by atoms with Crippen LogP contribution < -0.4 is 10.6 Å². The van der Waals surface area contributed by atoms with Gasteiger partial charge in [-0.1, -0.05) is 31.4 Å². The van der Waals surface area contributed by atoms with Crippen LogP contribution in [0.2, 0.25) is 5.02 Å². The number of anilines is 1. The molecule has 0 radical (unpaired) electrons. The van der Waals surface area contributed by atoms with Crippen LogP contribution in [0.25, 0.3) is 0 Å². The van der Waals surface area contributed by atoms with Gasteiger partial charge in [-0.3, -0.25) is 14.5 Å². The zero-order valence-electron chi connectivity index (χ0n) is 11.4. The van der Waals surface area contributed by atoms with E-state index in [9.17, 15) is 9.59 Å². The fourth-order valence-electron chi connectivity index (χ4n) is 1.80. The molecule has 1 aromatic carbocycles. The topological polar surface area (TPSA) is 83.6 Å². The number of carboxylic acid groups (broad SMARTS) is 1. The van der Waals surface area contributed by atoms with Crippen LogP contribution in [0.15, 0.2) is 24.3 Å². The summed E-state index contributed by atoms with van der Waals surface area (Å²) in [5.41, 5.74) is 6.32. The van der Waals surface area contributed by atoms with Gasteiger partial charge in [0.2, 0.25) is 5.91 Å². The predicted octanol–water partition coefficient (Wildman–Crippen LogP) is 2.28. The number of nitrogens with zero attached hydrogens (tertiary/aromatic N) is 1. The number of nitrogens with two attached hydrogens (primary N) is 1. The monoisotopic (exact) mass is 298 g/mol. The van der Waals surface area contributed by atoms with E-state index in [1.165, 1.54) is 4.90 Å². The summed E-state index contributed by atoms with van der Waals surface area (Å²) in [7, 11) is 0. The van der Waals surface area contributed by atoms with E-state index in [4.69, 9.17) is 22.4 Å². The first-order valence-electron chi connectivity index (χ1n) is 6.50. The largest absolute Gasteiger partial charge is 0.480 e. The standard InChI is InChI=1S/C14H19ClN2O3/c1-2-3-4-12(16)14(20)17(9-13(18)19)11-7-5-10(15)6-8-11/h5-8,12H,2-4,9,16H2,1H3,(H,18,19). The van der Waals surface area contributed by atoms with Gasteiger partial charge in [-0.15, -0.1) is 0 Å². The maximum Gasteiger partial charge on any atom is 0.323 e. The van der Waals surface area contributed by atoms with Gasteiger partial charge in [-0.05, 0) is 30.7 Å². The van der Waals surface area contributed by atoms with Crippen LogP contribution in [0.5, 0.6) is 0 Å². The van der Waals surface area contributed by atoms with E-state index in [-0.39, 0.29) is 5.91 Å². The van der Waals surface area contributed by atoms with Crippen LogP contribution in [0.3, 0.4) is 0 Å². The highest BCUT2D eigenvalue weighted by molar-refractivity contribution is 6.30. The third-order valence-corrected chi connectivity index (χ3v) is 3.14. The average molecular weight is 299 g/mol. The molecular formula is C14H19ClN2O3. The van der Waals surface area contributed by atoms with Crippen molar-refractivity contribution < 1.29 is 14.7 Å². The van der Waals surface area contributed by atoms with Gasteiger partial charge >= 0.3 is 5.97 Å². The van der Waals surface area contributed by atoms with Crippen LogP contribution in [-0.4, -0.2) is 29.6 Å². The third-order valence-electron chi connectivity index (χ3n) is 2.88. The van der Waals surface area contributed by atoms with Crippen molar-refractivity contribution in [2.45, 2.75) is 32.2 Å². The normalized spacial score (nSPS) is 11.9. The predicted molar refractivity (Wildman–Crippen MR) is 78.9 cm³/mol. The molecule has 6 heteroatoms. The molecule has 0 fully saturated rings. The second-order valence-corrected chi connectivity index (χ2v) is 4.98. The molecule has 5 nitrogen and oxygen atoms in total. The Morgan fingerprint density at radius 1 is 1.35 bits per heavy atom. The Balaban J connectivity index is 2.91. The quantitative estimate of drug-likeness (QED) is 0.809. The summed E-state index contributed by atoms with van der Waals surface area (Å²) in [4.78, 5) is 24.4. The van der Waals surface area contributed by atoms with E-state index in [2.05, 4.69) is 0 Å². The van der Waals surface area contributed by atoms with Gasteiger partial charge in [-0.25, -0.2) is 0 Å². The molecule has 0 aliphatic heterocycles. The third kappa shape index (κ3) is 4.83. The average Bonchev–Trinajstić information content (AvgIpc) is 2.42. The van der Waals surface area contributed by atoms with E-state index in [0.717, 1.165) is 12.8 Å². The first-order chi connectivity index (χ1) is 9.45. The molecule has 0 saturated carbocycles. The fraction of sp³-hybridized carbons (Fsp3) is 0.429. The Kier molecular flexibility index (Phi) is 6.48. The van der Waals surface area contributed by atoms with Crippen LogP contribution >= 0.6 is 11.6 Å². The molecule has 110 valence electrons. The van der Waals surface area contributed by atoms with Gasteiger partial charge < -0.3 is 10.8 Å². The van der Waals surface area contributed by atoms with Crippen LogP contribution in [0.4, 0.5) is 5.69 Å². The minimum absolute atomic E-state index is 0.386. The zero-order valence-corrected chi connectivity index (χ0v) is 12.1. The molecule has 1 unspecified atom stereocenters. The van der Waals surface area contributed by atoms with Gasteiger partial charge in [0, 0.05) is 10.7 Å². The Hall–Kier alpha value is -1.59. The lowest BCUT2D eigenvalue weighted by molar-refractivity contribution is -0.136. The van der Waals surface area contributed by atoms with Crippen molar-refractivity contribution in [3.8, 4) is 0 Å². The number of amides is 1. The number of hydrogen-bond donors (Lipinski definition) is 2. The van der Waals surface area contributed by atoms with Gasteiger partial charge in [0.15, 0.2) is 0 Å². The summed E-state index contributed by atoms with van der Waals surface area (Å²) in [6.07, 6.45) is 2.30. The van der Waals surface area contributed by atoms with Gasteiger partial charge in [0.1, 0.15) is 6.54 Å². The highest BCUT2D eigenvalue weighted by atomic mass is 35.5. The number of hydrogen-bond acceptors (Lipinski definition) is 3. The number of aliphatic carboxylic acids is 1. The Labute approximate surface area is 123 Å². The summed E-state index contributed by atoms with van der Waals surface area (Å²) in [6, 6.07) is 5.74. The number of carboxylic acids is 1. The van der Waals surface area contributed by atoms with Gasteiger partial charge in [-0.2, -0.15) is 0 Å². The van der Waals surface area contributed by atoms with E-state index in [1.807, 2.05) is 6.92 Å². The van der Waals surface area contributed by atoms with E-state index in [0.29, 0.717) is 17.1 Å². The molecule has 0 aliphatic carbocycles. The SMILES string of the molecule is CCCCC(N)C(=O)N(CC(=O)O)c1ccc(Cl)cc1. The maximum atomic E-state index is 12.3. The van der Waals surface area contributed by atoms with Crippen molar-refractivity contribution >= 4 is 29.2 Å². The van der Waals surface area contributed by atoms with Gasteiger partial charge in [0.05, 0.1) is 6.04 Å². The lowest BCUT2D eigenvalue weighted by Crippen LogP contribution is -2.46. The molecule has 1 aromatic rings. The number of carbonyl (C=O) groups is 2. The smallest absolute Gasteiger partial charge is 0.323 e. The Morgan fingerprint density at radius 2 is 1.95 bits per heavy atom. The van der Waals surface area contributed by atoms with Crippen molar-refractivity contribution in [2.24, 2.45) is 5.73 Å². The molecule has 0 spiro atoms. The number of unbranched alkanes of at least 4 members (excludes halogenated alkanes) is 1. The molecular weight excluding hydrogens is 280 g/mol. The van der Waals surface area contributed by atoms with Crippen molar-refractivity contribution in [3.63, 3.8) is 0 Å².